The second-order valence-corrected chi connectivity index (χ2v) is 6.29. The molecule has 1 aromatic rings. The number of anilines is 1. The zero-order chi connectivity index (χ0) is 18.2. The van der Waals surface area contributed by atoms with Crippen LogP contribution in [0.4, 0.5) is 5.69 Å². The SMILES string of the molecule is COC(=O)CNC(=O)Cc1ccc(NC(=O)[C@H]2CCN[C@@H](C)C2)cc1. The normalized spacial score (nSPS) is 19.8. The highest BCUT2D eigenvalue weighted by atomic mass is 16.5. The molecule has 136 valence electrons. The number of esters is 1. The van der Waals surface area contributed by atoms with Crippen molar-refractivity contribution in [2.24, 2.45) is 5.92 Å². The summed E-state index contributed by atoms with van der Waals surface area (Å²) in [6.45, 7) is 2.80. The van der Waals surface area contributed by atoms with Gasteiger partial charge < -0.3 is 20.7 Å². The predicted molar refractivity (Wildman–Crippen MR) is 94.0 cm³/mol. The Labute approximate surface area is 147 Å². The molecule has 25 heavy (non-hydrogen) atoms. The van der Waals surface area contributed by atoms with Crippen LogP contribution >= 0.6 is 0 Å². The van der Waals surface area contributed by atoms with Gasteiger partial charge in [-0.15, -0.1) is 0 Å². The Morgan fingerprint density at radius 3 is 2.60 bits per heavy atom. The van der Waals surface area contributed by atoms with E-state index in [0.29, 0.717) is 6.04 Å². The first-order chi connectivity index (χ1) is 12.0. The van der Waals surface area contributed by atoms with Gasteiger partial charge in [0.15, 0.2) is 0 Å². The molecule has 1 aliphatic heterocycles. The van der Waals surface area contributed by atoms with Crippen molar-refractivity contribution in [1.82, 2.24) is 10.6 Å². The number of amides is 2. The lowest BCUT2D eigenvalue weighted by Gasteiger charge is -2.27. The quantitative estimate of drug-likeness (QED) is 0.663. The summed E-state index contributed by atoms with van der Waals surface area (Å²) in [6.07, 6.45) is 1.84. The lowest BCUT2D eigenvalue weighted by molar-refractivity contribution is -0.141. The third-order valence-electron chi connectivity index (χ3n) is 4.24. The molecule has 1 heterocycles. The Kier molecular flexibility index (Phi) is 6.94. The standard InChI is InChI=1S/C18H25N3O4/c1-12-9-14(7-8-19-12)18(24)21-15-5-3-13(4-6-15)10-16(22)20-11-17(23)25-2/h3-6,12,14,19H,7-11H2,1-2H3,(H,20,22)(H,21,24)/t12-,14-/m0/s1. The van der Waals surface area contributed by atoms with E-state index in [2.05, 4.69) is 27.6 Å². The Hall–Kier alpha value is -2.41. The molecule has 7 heteroatoms. The number of carbonyl (C=O) groups is 3. The van der Waals surface area contributed by atoms with Gasteiger partial charge in [0, 0.05) is 17.6 Å². The Morgan fingerprint density at radius 2 is 1.96 bits per heavy atom. The van der Waals surface area contributed by atoms with E-state index in [9.17, 15) is 14.4 Å². The number of piperidine rings is 1. The molecule has 0 radical (unpaired) electrons. The lowest BCUT2D eigenvalue weighted by Crippen LogP contribution is -2.40. The molecule has 2 amide bonds. The predicted octanol–water partition coefficient (Wildman–Crippen LogP) is 0.845. The molecular weight excluding hydrogens is 322 g/mol. The molecule has 2 atom stereocenters. The second-order valence-electron chi connectivity index (χ2n) is 6.29. The number of nitrogens with one attached hydrogen (secondary N) is 3. The van der Waals surface area contributed by atoms with Gasteiger partial charge >= 0.3 is 5.97 Å². The second kappa shape index (κ2) is 9.17. The van der Waals surface area contributed by atoms with E-state index in [1.54, 1.807) is 24.3 Å². The van der Waals surface area contributed by atoms with E-state index in [4.69, 9.17) is 0 Å². The van der Waals surface area contributed by atoms with E-state index >= 15 is 0 Å². The number of hydrogen-bond acceptors (Lipinski definition) is 5. The van der Waals surface area contributed by atoms with E-state index in [0.717, 1.165) is 30.6 Å². The van der Waals surface area contributed by atoms with Crippen LogP contribution in [0.1, 0.15) is 25.3 Å². The van der Waals surface area contributed by atoms with E-state index < -0.39 is 5.97 Å². The summed E-state index contributed by atoms with van der Waals surface area (Å²) in [4.78, 5) is 35.0. The summed E-state index contributed by atoms with van der Waals surface area (Å²) in [5, 5.41) is 8.75. The molecule has 1 aliphatic rings. The van der Waals surface area contributed by atoms with Crippen LogP contribution in [0, 0.1) is 5.92 Å². The maximum atomic E-state index is 12.3. The van der Waals surface area contributed by atoms with Gasteiger partial charge in [0.05, 0.1) is 13.5 Å². The average Bonchev–Trinajstić information content (AvgIpc) is 2.61. The van der Waals surface area contributed by atoms with Crippen LogP contribution in [-0.4, -0.2) is 44.0 Å². The van der Waals surface area contributed by atoms with Crippen molar-refractivity contribution in [3.63, 3.8) is 0 Å². The van der Waals surface area contributed by atoms with Crippen LogP contribution in [-0.2, 0) is 25.5 Å². The molecule has 0 spiro atoms. The Balaban J connectivity index is 1.82. The first kappa shape index (κ1) is 18.9. The molecule has 1 fully saturated rings. The van der Waals surface area contributed by atoms with Gasteiger partial charge in [-0.3, -0.25) is 14.4 Å². The van der Waals surface area contributed by atoms with Crippen molar-refractivity contribution in [3.8, 4) is 0 Å². The molecule has 0 aliphatic carbocycles. The maximum Gasteiger partial charge on any atom is 0.325 e. The number of ether oxygens (including phenoxy) is 1. The van der Waals surface area contributed by atoms with E-state index in [1.807, 2.05) is 0 Å². The summed E-state index contributed by atoms with van der Waals surface area (Å²) >= 11 is 0. The van der Waals surface area contributed by atoms with Crippen molar-refractivity contribution in [3.05, 3.63) is 29.8 Å². The molecule has 0 aromatic heterocycles. The average molecular weight is 347 g/mol. The highest BCUT2D eigenvalue weighted by molar-refractivity contribution is 5.92. The number of hydrogen-bond donors (Lipinski definition) is 3. The van der Waals surface area contributed by atoms with Gasteiger partial charge in [0.1, 0.15) is 6.54 Å². The van der Waals surface area contributed by atoms with Gasteiger partial charge in [0.2, 0.25) is 11.8 Å². The zero-order valence-electron chi connectivity index (χ0n) is 14.6. The fraction of sp³-hybridized carbons (Fsp3) is 0.500. The number of methoxy groups -OCH3 is 1. The third-order valence-corrected chi connectivity index (χ3v) is 4.24. The van der Waals surface area contributed by atoms with Gasteiger partial charge in [0.25, 0.3) is 0 Å². The fourth-order valence-electron chi connectivity index (χ4n) is 2.81. The van der Waals surface area contributed by atoms with Crippen molar-refractivity contribution >= 4 is 23.5 Å². The number of benzene rings is 1. The Bertz CT molecular complexity index is 615. The molecule has 0 bridgehead atoms. The Morgan fingerprint density at radius 1 is 1.24 bits per heavy atom. The first-order valence-corrected chi connectivity index (χ1v) is 8.44. The van der Waals surface area contributed by atoms with Crippen molar-refractivity contribution < 1.29 is 19.1 Å². The topological polar surface area (TPSA) is 96.5 Å². The smallest absolute Gasteiger partial charge is 0.325 e. The monoisotopic (exact) mass is 347 g/mol. The molecule has 2 rings (SSSR count). The van der Waals surface area contributed by atoms with E-state index in [-0.39, 0.29) is 30.7 Å². The molecule has 7 nitrogen and oxygen atoms in total. The minimum absolute atomic E-state index is 0.0278. The van der Waals surface area contributed by atoms with Crippen molar-refractivity contribution in [2.45, 2.75) is 32.2 Å². The van der Waals surface area contributed by atoms with Gasteiger partial charge in [-0.25, -0.2) is 0 Å². The van der Waals surface area contributed by atoms with Gasteiger partial charge in [-0.2, -0.15) is 0 Å². The largest absolute Gasteiger partial charge is 0.468 e. The first-order valence-electron chi connectivity index (χ1n) is 8.44. The van der Waals surface area contributed by atoms with E-state index in [1.165, 1.54) is 7.11 Å². The van der Waals surface area contributed by atoms with Gasteiger partial charge in [-0.1, -0.05) is 12.1 Å². The van der Waals surface area contributed by atoms with Gasteiger partial charge in [-0.05, 0) is 44.0 Å². The molecule has 0 saturated carbocycles. The highest BCUT2D eigenvalue weighted by Gasteiger charge is 2.24. The third kappa shape index (κ3) is 6.19. The summed E-state index contributed by atoms with van der Waals surface area (Å²) in [5.41, 5.74) is 1.52. The van der Waals surface area contributed by atoms with Crippen LogP contribution in [0.25, 0.3) is 0 Å². The minimum atomic E-state index is -0.487. The van der Waals surface area contributed by atoms with Crippen LogP contribution in [0.15, 0.2) is 24.3 Å². The minimum Gasteiger partial charge on any atom is -0.468 e. The summed E-state index contributed by atoms with van der Waals surface area (Å²) in [7, 11) is 1.27. The highest BCUT2D eigenvalue weighted by Crippen LogP contribution is 2.19. The molecule has 1 aromatic carbocycles. The summed E-state index contributed by atoms with van der Waals surface area (Å²) in [5.74, 6) is -0.679. The maximum absolute atomic E-state index is 12.3. The van der Waals surface area contributed by atoms with Crippen LogP contribution < -0.4 is 16.0 Å². The summed E-state index contributed by atoms with van der Waals surface area (Å²) in [6, 6.07) is 7.50. The molecule has 1 saturated heterocycles. The number of rotatable bonds is 6. The molecular formula is C18H25N3O4. The van der Waals surface area contributed by atoms with Crippen LogP contribution in [0.2, 0.25) is 0 Å². The van der Waals surface area contributed by atoms with Crippen LogP contribution in [0.5, 0.6) is 0 Å². The fourth-order valence-corrected chi connectivity index (χ4v) is 2.81. The molecule has 3 N–H and O–H groups in total. The van der Waals surface area contributed by atoms with Crippen molar-refractivity contribution in [1.29, 1.82) is 0 Å². The lowest BCUT2D eigenvalue weighted by atomic mass is 9.92. The zero-order valence-corrected chi connectivity index (χ0v) is 14.6. The summed E-state index contributed by atoms with van der Waals surface area (Å²) < 4.78 is 4.46. The van der Waals surface area contributed by atoms with Crippen molar-refractivity contribution in [2.75, 3.05) is 25.5 Å². The molecule has 0 unspecified atom stereocenters. The van der Waals surface area contributed by atoms with Crippen LogP contribution in [0.3, 0.4) is 0 Å². The number of carbonyl (C=O) groups excluding carboxylic acids is 3.